The van der Waals surface area contributed by atoms with Crippen molar-refractivity contribution in [3.8, 4) is 5.75 Å². The van der Waals surface area contributed by atoms with E-state index in [1.165, 1.54) is 6.20 Å². The van der Waals surface area contributed by atoms with E-state index in [0.717, 1.165) is 12.8 Å². The topological polar surface area (TPSA) is 101 Å². The van der Waals surface area contributed by atoms with Crippen LogP contribution in [0.4, 0.5) is 0 Å². The van der Waals surface area contributed by atoms with Crippen LogP contribution in [-0.4, -0.2) is 37.8 Å². The summed E-state index contributed by atoms with van der Waals surface area (Å²) in [6, 6.07) is 1.65. The van der Waals surface area contributed by atoms with Crippen molar-refractivity contribution in [2.45, 2.75) is 62.9 Å². The molecule has 0 unspecified atom stereocenters. The molecule has 2 N–H and O–H groups in total. The van der Waals surface area contributed by atoms with E-state index in [-0.39, 0.29) is 16.9 Å². The average Bonchev–Trinajstić information content (AvgIpc) is 3.16. The second-order valence-corrected chi connectivity index (χ2v) is 8.46. The maximum absolute atomic E-state index is 11.8. The van der Waals surface area contributed by atoms with Gasteiger partial charge in [-0.2, -0.15) is 0 Å². The molecule has 1 aromatic heterocycles. The van der Waals surface area contributed by atoms with E-state index >= 15 is 0 Å². The second-order valence-electron chi connectivity index (χ2n) is 6.98. The van der Waals surface area contributed by atoms with Gasteiger partial charge in [-0.25, -0.2) is 18.5 Å². The molecule has 0 radical (unpaired) electrons. The summed E-state index contributed by atoms with van der Waals surface area (Å²) < 4.78 is 41.4. The van der Waals surface area contributed by atoms with Crippen molar-refractivity contribution in [1.29, 1.82) is 0 Å². The largest absolute Gasteiger partial charge is 0.498 e. The predicted molar refractivity (Wildman–Crippen MR) is 85.0 cm³/mol. The molecule has 0 aromatic carbocycles. The number of nitrogens with zero attached hydrogens (tertiary/aromatic N) is 1. The van der Waals surface area contributed by atoms with Gasteiger partial charge in [-0.05, 0) is 46.6 Å². The van der Waals surface area contributed by atoms with Crippen LogP contribution in [0.2, 0.25) is 0 Å². The molecule has 9 heteroatoms. The maximum Gasteiger partial charge on any atom is 0.498 e. The third-order valence-electron chi connectivity index (χ3n) is 4.49. The van der Waals surface area contributed by atoms with Gasteiger partial charge in [-0.15, -0.1) is 0 Å². The van der Waals surface area contributed by atoms with Crippen LogP contribution in [0.15, 0.2) is 17.3 Å². The molecule has 1 saturated heterocycles. The zero-order valence-corrected chi connectivity index (χ0v) is 14.5. The van der Waals surface area contributed by atoms with Crippen LogP contribution < -0.4 is 15.3 Å². The van der Waals surface area contributed by atoms with E-state index in [2.05, 4.69) is 4.98 Å². The number of ether oxygens (including phenoxy) is 1. The number of aromatic nitrogens is 1. The van der Waals surface area contributed by atoms with Crippen LogP contribution in [-0.2, 0) is 19.3 Å². The molecule has 1 aromatic rings. The first-order valence-corrected chi connectivity index (χ1v) is 9.10. The van der Waals surface area contributed by atoms with Crippen molar-refractivity contribution in [3.05, 3.63) is 12.3 Å². The third-order valence-corrected chi connectivity index (χ3v) is 5.32. The Kier molecular flexibility index (Phi) is 3.75. The Hall–Kier alpha value is -1.16. The number of pyridine rings is 1. The summed E-state index contributed by atoms with van der Waals surface area (Å²) in [6.45, 7) is 7.71. The normalized spacial score (nSPS) is 23.1. The van der Waals surface area contributed by atoms with Gasteiger partial charge in [0.15, 0.2) is 5.75 Å². The fraction of sp³-hybridized carbons (Fsp3) is 0.643. The average molecular weight is 340 g/mol. The van der Waals surface area contributed by atoms with Gasteiger partial charge in [-0.1, -0.05) is 0 Å². The highest BCUT2D eigenvalue weighted by atomic mass is 32.2. The molecule has 0 spiro atoms. The number of hydrogen-bond acceptors (Lipinski definition) is 6. The smallest absolute Gasteiger partial charge is 0.488 e. The van der Waals surface area contributed by atoms with Crippen LogP contribution in [0.3, 0.4) is 0 Å². The van der Waals surface area contributed by atoms with Gasteiger partial charge in [0.05, 0.1) is 17.3 Å². The first kappa shape index (κ1) is 16.7. The lowest BCUT2D eigenvalue weighted by atomic mass is 9.79. The Morgan fingerprint density at radius 3 is 2.30 bits per heavy atom. The molecule has 126 valence electrons. The molecule has 3 rings (SSSR count). The lowest BCUT2D eigenvalue weighted by Gasteiger charge is -2.32. The standard InChI is InChI=1S/C14H21BN2O5S/c1-13(2)14(3,4)22-15(21-13)10-7-8-17-12(23(16,18)19)11(10)20-9-5-6-9/h7-9H,5-6H2,1-4H3,(H2,16,18,19). The fourth-order valence-corrected chi connectivity index (χ4v) is 2.90. The minimum absolute atomic E-state index is 0.0131. The summed E-state index contributed by atoms with van der Waals surface area (Å²) >= 11 is 0. The SMILES string of the molecule is CC1(C)OB(c2ccnc(S(N)(=O)=O)c2OC2CC2)OC1(C)C. The van der Waals surface area contributed by atoms with E-state index in [1.807, 2.05) is 27.7 Å². The minimum Gasteiger partial charge on any atom is -0.488 e. The molecular weight excluding hydrogens is 319 g/mol. The van der Waals surface area contributed by atoms with Crippen LogP contribution in [0.25, 0.3) is 0 Å². The second kappa shape index (κ2) is 5.17. The molecule has 2 heterocycles. The van der Waals surface area contributed by atoms with Crippen LogP contribution >= 0.6 is 0 Å². The Balaban J connectivity index is 2.06. The molecule has 2 fully saturated rings. The lowest BCUT2D eigenvalue weighted by molar-refractivity contribution is 0.00578. The van der Waals surface area contributed by atoms with E-state index in [1.54, 1.807) is 6.07 Å². The summed E-state index contributed by atoms with van der Waals surface area (Å²) in [6.07, 6.45) is 3.12. The Labute approximate surface area is 136 Å². The maximum atomic E-state index is 11.8. The molecule has 1 saturated carbocycles. The summed E-state index contributed by atoms with van der Waals surface area (Å²) in [5, 5.41) is 5.00. The summed E-state index contributed by atoms with van der Waals surface area (Å²) in [4.78, 5) is 3.89. The van der Waals surface area contributed by atoms with Gasteiger partial charge in [0.25, 0.3) is 10.0 Å². The number of rotatable bonds is 4. The Morgan fingerprint density at radius 1 is 1.26 bits per heavy atom. The van der Waals surface area contributed by atoms with E-state index < -0.39 is 28.3 Å². The highest BCUT2D eigenvalue weighted by Crippen LogP contribution is 2.38. The minimum atomic E-state index is -4.01. The van der Waals surface area contributed by atoms with Gasteiger partial charge in [0, 0.05) is 11.7 Å². The highest BCUT2D eigenvalue weighted by molar-refractivity contribution is 7.89. The zero-order valence-electron chi connectivity index (χ0n) is 13.7. The zero-order chi connectivity index (χ0) is 17.0. The molecule has 0 amide bonds. The van der Waals surface area contributed by atoms with Gasteiger partial charge in [0.2, 0.25) is 5.03 Å². The first-order chi connectivity index (χ1) is 10.5. The molecule has 1 aliphatic heterocycles. The van der Waals surface area contributed by atoms with Crippen LogP contribution in [0.5, 0.6) is 5.75 Å². The molecule has 0 bridgehead atoms. The Bertz CT molecular complexity index is 715. The molecule has 23 heavy (non-hydrogen) atoms. The van der Waals surface area contributed by atoms with Crippen molar-refractivity contribution < 1.29 is 22.5 Å². The Morgan fingerprint density at radius 2 is 1.83 bits per heavy atom. The number of primary sulfonamides is 1. The fourth-order valence-electron chi connectivity index (χ4n) is 2.27. The molecule has 0 atom stereocenters. The lowest BCUT2D eigenvalue weighted by Crippen LogP contribution is -2.41. The van der Waals surface area contributed by atoms with Crippen molar-refractivity contribution in [2.75, 3.05) is 0 Å². The van der Waals surface area contributed by atoms with Crippen molar-refractivity contribution in [1.82, 2.24) is 4.98 Å². The number of sulfonamides is 1. The van der Waals surface area contributed by atoms with Gasteiger partial charge in [0.1, 0.15) is 0 Å². The monoisotopic (exact) mass is 340 g/mol. The highest BCUT2D eigenvalue weighted by Gasteiger charge is 2.53. The molecular formula is C14H21BN2O5S. The van der Waals surface area contributed by atoms with Gasteiger partial charge < -0.3 is 14.0 Å². The van der Waals surface area contributed by atoms with E-state index in [9.17, 15) is 8.42 Å². The number of nitrogens with two attached hydrogens (primary N) is 1. The molecule has 2 aliphatic rings. The van der Waals surface area contributed by atoms with E-state index in [0.29, 0.717) is 5.46 Å². The summed E-state index contributed by atoms with van der Waals surface area (Å²) in [5.74, 6) is 0.135. The quantitative estimate of drug-likeness (QED) is 0.804. The number of hydrogen-bond donors (Lipinski definition) is 1. The third kappa shape index (κ3) is 3.10. The van der Waals surface area contributed by atoms with Crippen molar-refractivity contribution >= 4 is 22.6 Å². The molecule has 1 aliphatic carbocycles. The van der Waals surface area contributed by atoms with Crippen LogP contribution in [0.1, 0.15) is 40.5 Å². The molecule has 7 nitrogen and oxygen atoms in total. The van der Waals surface area contributed by atoms with Crippen molar-refractivity contribution in [3.63, 3.8) is 0 Å². The predicted octanol–water partition coefficient (Wildman–Crippen LogP) is 0.569. The first-order valence-electron chi connectivity index (χ1n) is 7.55. The van der Waals surface area contributed by atoms with Crippen LogP contribution in [0, 0.1) is 0 Å². The van der Waals surface area contributed by atoms with E-state index in [4.69, 9.17) is 19.2 Å². The van der Waals surface area contributed by atoms with Gasteiger partial charge in [-0.3, -0.25) is 0 Å². The van der Waals surface area contributed by atoms with Gasteiger partial charge >= 0.3 is 7.12 Å². The van der Waals surface area contributed by atoms with Crippen molar-refractivity contribution in [2.24, 2.45) is 5.14 Å². The summed E-state index contributed by atoms with van der Waals surface area (Å²) in [5.41, 5.74) is -0.589. The summed E-state index contributed by atoms with van der Waals surface area (Å²) in [7, 11) is -4.75.